The molecule has 0 bridgehead atoms. The first-order valence-electron chi connectivity index (χ1n) is 8.73. The maximum absolute atomic E-state index is 12.5. The van der Waals surface area contributed by atoms with Crippen LogP contribution in [-0.4, -0.2) is 49.2 Å². The van der Waals surface area contributed by atoms with Crippen molar-refractivity contribution in [1.82, 2.24) is 30.2 Å². The molecular weight excluding hydrogens is 366 g/mol. The zero-order chi connectivity index (χ0) is 18.6. The minimum atomic E-state index is -0.0938. The number of nitrogens with zero attached hydrogens (tertiary/aromatic N) is 6. The van der Waals surface area contributed by atoms with E-state index in [1.807, 2.05) is 19.1 Å². The van der Waals surface area contributed by atoms with Crippen molar-refractivity contribution in [2.75, 3.05) is 18.4 Å². The van der Waals surface area contributed by atoms with Crippen LogP contribution < -0.4 is 5.32 Å². The van der Waals surface area contributed by atoms with Crippen LogP contribution in [0.3, 0.4) is 0 Å². The van der Waals surface area contributed by atoms with E-state index in [0.29, 0.717) is 29.9 Å². The Balaban J connectivity index is 1.36. The SMILES string of the molecule is Cc1nnc(NC(=O)[C@H]2CCCN(Cc3nc(-c4cccnc4)no3)C2)s1. The quantitative estimate of drug-likeness (QED) is 0.711. The summed E-state index contributed by atoms with van der Waals surface area (Å²) in [5.41, 5.74) is 0.816. The molecule has 1 aliphatic rings. The lowest BCUT2D eigenvalue weighted by Gasteiger charge is -2.30. The predicted molar refractivity (Wildman–Crippen MR) is 98.8 cm³/mol. The fourth-order valence-corrected chi connectivity index (χ4v) is 3.69. The van der Waals surface area contributed by atoms with E-state index >= 15 is 0 Å². The Morgan fingerprint density at radius 1 is 1.44 bits per heavy atom. The topological polar surface area (TPSA) is 110 Å². The van der Waals surface area contributed by atoms with Crippen molar-refractivity contribution in [2.45, 2.75) is 26.3 Å². The summed E-state index contributed by atoms with van der Waals surface area (Å²) < 4.78 is 5.37. The number of carbonyl (C=O) groups is 1. The fraction of sp³-hybridized carbons (Fsp3) is 0.412. The Kier molecular flexibility index (Phi) is 5.16. The number of nitrogens with one attached hydrogen (secondary N) is 1. The smallest absolute Gasteiger partial charge is 0.241 e. The van der Waals surface area contributed by atoms with Gasteiger partial charge in [0.15, 0.2) is 0 Å². The first-order valence-corrected chi connectivity index (χ1v) is 9.55. The molecular formula is C17H19N7O2S. The second-order valence-corrected chi connectivity index (χ2v) is 7.62. The monoisotopic (exact) mass is 385 g/mol. The molecule has 0 aromatic carbocycles. The van der Waals surface area contributed by atoms with Gasteiger partial charge in [-0.1, -0.05) is 16.5 Å². The molecule has 9 nitrogen and oxygen atoms in total. The summed E-state index contributed by atoms with van der Waals surface area (Å²) in [5.74, 6) is 0.951. The van der Waals surface area contributed by atoms with E-state index in [1.54, 1.807) is 12.4 Å². The number of hydrogen-bond acceptors (Lipinski definition) is 9. The lowest BCUT2D eigenvalue weighted by molar-refractivity contribution is -0.121. The number of likely N-dealkylation sites (tertiary alicyclic amines) is 1. The Hall–Kier alpha value is -2.72. The Morgan fingerprint density at radius 2 is 2.37 bits per heavy atom. The molecule has 1 N–H and O–H groups in total. The van der Waals surface area contributed by atoms with Gasteiger partial charge in [0, 0.05) is 24.5 Å². The average Bonchev–Trinajstić information content (AvgIpc) is 3.32. The van der Waals surface area contributed by atoms with Crippen molar-refractivity contribution in [1.29, 1.82) is 0 Å². The third-order valence-corrected chi connectivity index (χ3v) is 5.13. The number of aromatic nitrogens is 5. The van der Waals surface area contributed by atoms with Crippen LogP contribution in [0.4, 0.5) is 5.13 Å². The highest BCUT2D eigenvalue weighted by Gasteiger charge is 2.27. The van der Waals surface area contributed by atoms with Crippen molar-refractivity contribution in [3.63, 3.8) is 0 Å². The van der Waals surface area contributed by atoms with Crippen LogP contribution in [0.25, 0.3) is 11.4 Å². The van der Waals surface area contributed by atoms with Gasteiger partial charge in [-0.2, -0.15) is 4.98 Å². The van der Waals surface area contributed by atoms with Crippen molar-refractivity contribution in [3.8, 4) is 11.4 Å². The van der Waals surface area contributed by atoms with E-state index in [1.165, 1.54) is 11.3 Å². The normalized spacial score (nSPS) is 17.7. The van der Waals surface area contributed by atoms with Crippen molar-refractivity contribution >= 4 is 22.4 Å². The van der Waals surface area contributed by atoms with Crippen molar-refractivity contribution in [2.24, 2.45) is 5.92 Å². The molecule has 3 aromatic rings. The zero-order valence-corrected chi connectivity index (χ0v) is 15.6. The van der Waals surface area contributed by atoms with Gasteiger partial charge in [0.1, 0.15) is 5.01 Å². The first-order chi connectivity index (χ1) is 13.2. The number of carbonyl (C=O) groups excluding carboxylic acids is 1. The third-order valence-electron chi connectivity index (χ3n) is 4.38. The zero-order valence-electron chi connectivity index (χ0n) is 14.8. The van der Waals surface area contributed by atoms with Gasteiger partial charge >= 0.3 is 0 Å². The van der Waals surface area contributed by atoms with Gasteiger partial charge < -0.3 is 9.84 Å². The highest BCUT2D eigenvalue weighted by atomic mass is 32.1. The van der Waals surface area contributed by atoms with Crippen LogP contribution in [0.2, 0.25) is 0 Å². The minimum absolute atomic E-state index is 0.0163. The number of anilines is 1. The lowest BCUT2D eigenvalue weighted by atomic mass is 9.97. The summed E-state index contributed by atoms with van der Waals surface area (Å²) >= 11 is 1.38. The number of piperidine rings is 1. The van der Waals surface area contributed by atoms with Crippen LogP contribution in [0.15, 0.2) is 29.0 Å². The standard InChI is InChI=1S/C17H19N7O2S/c1-11-21-22-17(27-11)20-16(25)13-5-3-7-24(9-13)10-14-19-15(23-26-14)12-4-2-6-18-8-12/h2,4,6,8,13H,3,5,7,9-10H2,1H3,(H,20,22,25)/t13-/m0/s1. The minimum Gasteiger partial charge on any atom is -0.338 e. The van der Waals surface area contributed by atoms with E-state index < -0.39 is 0 Å². The molecule has 4 heterocycles. The molecule has 0 unspecified atom stereocenters. The van der Waals surface area contributed by atoms with Gasteiger partial charge in [0.25, 0.3) is 0 Å². The molecule has 0 radical (unpaired) electrons. The summed E-state index contributed by atoms with van der Waals surface area (Å²) in [6.07, 6.45) is 5.19. The first kappa shape index (κ1) is 17.7. The van der Waals surface area contributed by atoms with E-state index in [9.17, 15) is 4.79 Å². The summed E-state index contributed by atoms with van der Waals surface area (Å²) in [4.78, 5) is 23.2. The van der Waals surface area contributed by atoms with Gasteiger partial charge in [-0.05, 0) is 38.4 Å². The number of hydrogen-bond donors (Lipinski definition) is 1. The molecule has 27 heavy (non-hydrogen) atoms. The van der Waals surface area contributed by atoms with Crippen molar-refractivity contribution < 1.29 is 9.32 Å². The number of aryl methyl sites for hydroxylation is 1. The molecule has 1 fully saturated rings. The Labute approximate surface area is 159 Å². The van der Waals surface area contributed by atoms with Gasteiger partial charge in [-0.15, -0.1) is 10.2 Å². The van der Waals surface area contributed by atoms with Crippen molar-refractivity contribution in [3.05, 3.63) is 35.4 Å². The Morgan fingerprint density at radius 3 is 3.15 bits per heavy atom. The molecule has 10 heteroatoms. The van der Waals surface area contributed by atoms with Gasteiger partial charge in [0.2, 0.25) is 22.8 Å². The molecule has 1 saturated heterocycles. The van der Waals surface area contributed by atoms with E-state index in [2.05, 4.69) is 35.5 Å². The number of rotatable bonds is 5. The predicted octanol–water partition coefficient (Wildman–Crippen LogP) is 2.14. The van der Waals surface area contributed by atoms with E-state index in [-0.39, 0.29) is 11.8 Å². The number of amides is 1. The van der Waals surface area contributed by atoms with E-state index in [4.69, 9.17) is 4.52 Å². The fourth-order valence-electron chi connectivity index (χ4n) is 3.09. The summed E-state index contributed by atoms with van der Waals surface area (Å²) in [7, 11) is 0. The van der Waals surface area contributed by atoms with Crippen LogP contribution in [-0.2, 0) is 11.3 Å². The number of pyridine rings is 1. The lowest BCUT2D eigenvalue weighted by Crippen LogP contribution is -2.40. The van der Waals surface area contributed by atoms with Gasteiger partial charge in [0.05, 0.1) is 12.5 Å². The summed E-state index contributed by atoms with van der Waals surface area (Å²) in [6, 6.07) is 3.72. The van der Waals surface area contributed by atoms with Gasteiger partial charge in [-0.3, -0.25) is 14.7 Å². The molecule has 1 aliphatic heterocycles. The van der Waals surface area contributed by atoms with Crippen LogP contribution in [0, 0.1) is 12.8 Å². The highest BCUT2D eigenvalue weighted by molar-refractivity contribution is 7.15. The molecule has 1 atom stereocenters. The average molecular weight is 385 g/mol. The molecule has 140 valence electrons. The molecule has 3 aromatic heterocycles. The molecule has 4 rings (SSSR count). The summed E-state index contributed by atoms with van der Waals surface area (Å²) in [5, 5.41) is 16.1. The molecule has 1 amide bonds. The largest absolute Gasteiger partial charge is 0.338 e. The Bertz CT molecular complexity index is 911. The van der Waals surface area contributed by atoms with E-state index in [0.717, 1.165) is 30.0 Å². The second kappa shape index (κ2) is 7.89. The van der Waals surface area contributed by atoms with Gasteiger partial charge in [-0.25, -0.2) is 0 Å². The highest BCUT2D eigenvalue weighted by Crippen LogP contribution is 2.22. The molecule has 0 spiro atoms. The third kappa shape index (κ3) is 4.34. The second-order valence-electron chi connectivity index (χ2n) is 6.44. The summed E-state index contributed by atoms with van der Waals surface area (Å²) in [6.45, 7) is 3.93. The maximum Gasteiger partial charge on any atom is 0.241 e. The molecule has 0 aliphatic carbocycles. The maximum atomic E-state index is 12.5. The molecule has 0 saturated carbocycles. The van der Waals surface area contributed by atoms with Crippen LogP contribution >= 0.6 is 11.3 Å². The van der Waals surface area contributed by atoms with Crippen LogP contribution in [0.1, 0.15) is 23.7 Å². The van der Waals surface area contributed by atoms with Crippen LogP contribution in [0.5, 0.6) is 0 Å².